The van der Waals surface area contributed by atoms with Gasteiger partial charge >= 0.3 is 0 Å². The molecule has 0 aliphatic carbocycles. The molecule has 0 fully saturated rings. The zero-order valence-corrected chi connectivity index (χ0v) is 10.8. The average Bonchev–Trinajstić information content (AvgIpc) is 2.39. The Hall–Kier alpha value is -2.22. The maximum absolute atomic E-state index is 11.5. The first-order valence-corrected chi connectivity index (χ1v) is 5.44. The number of amides is 1. The van der Waals surface area contributed by atoms with Gasteiger partial charge in [-0.25, -0.2) is 0 Å². The largest absolute Gasteiger partial charge is 0.497 e. The van der Waals surface area contributed by atoms with Crippen molar-refractivity contribution in [1.29, 1.82) is 5.26 Å². The summed E-state index contributed by atoms with van der Waals surface area (Å²) in [7, 11) is 4.80. The Morgan fingerprint density at radius 2 is 2.11 bits per heavy atom. The number of carbonyl (C=O) groups excluding carboxylic acids is 1. The van der Waals surface area contributed by atoms with Crippen molar-refractivity contribution in [3.05, 3.63) is 23.8 Å². The number of hydrogen-bond donors (Lipinski definition) is 0. The molecule has 18 heavy (non-hydrogen) atoms. The van der Waals surface area contributed by atoms with Crippen molar-refractivity contribution in [2.45, 2.75) is 13.0 Å². The molecule has 96 valence electrons. The Morgan fingerprint density at radius 3 is 2.67 bits per heavy atom. The fourth-order valence-corrected chi connectivity index (χ4v) is 1.53. The third-order valence-corrected chi connectivity index (χ3v) is 2.56. The summed E-state index contributed by atoms with van der Waals surface area (Å²) < 4.78 is 10.3. The highest BCUT2D eigenvalue weighted by Gasteiger charge is 2.12. The topological polar surface area (TPSA) is 62.6 Å². The lowest BCUT2D eigenvalue weighted by Gasteiger charge is -2.18. The van der Waals surface area contributed by atoms with Gasteiger partial charge in [0.05, 0.1) is 20.3 Å². The van der Waals surface area contributed by atoms with E-state index in [1.54, 1.807) is 33.4 Å². The molecular formula is C13H16N2O3. The number of methoxy groups -OCH3 is 2. The first-order chi connectivity index (χ1) is 8.62. The Labute approximate surface area is 107 Å². The van der Waals surface area contributed by atoms with Gasteiger partial charge in [0.15, 0.2) is 0 Å². The average molecular weight is 248 g/mol. The first-order valence-electron chi connectivity index (χ1n) is 5.44. The van der Waals surface area contributed by atoms with E-state index < -0.39 is 0 Å². The van der Waals surface area contributed by atoms with Crippen LogP contribution in [-0.4, -0.2) is 32.1 Å². The summed E-state index contributed by atoms with van der Waals surface area (Å²) in [6.07, 6.45) is -0.116. The molecule has 1 amide bonds. The fourth-order valence-electron chi connectivity index (χ4n) is 1.53. The minimum atomic E-state index is -0.213. The van der Waals surface area contributed by atoms with Crippen LogP contribution in [0.4, 0.5) is 0 Å². The number of ether oxygens (including phenoxy) is 2. The number of nitriles is 1. The van der Waals surface area contributed by atoms with Crippen LogP contribution in [0.25, 0.3) is 0 Å². The van der Waals surface area contributed by atoms with Crippen LogP contribution >= 0.6 is 0 Å². The number of nitrogens with zero attached hydrogens (tertiary/aromatic N) is 2. The molecule has 0 N–H and O–H groups in total. The highest BCUT2D eigenvalue weighted by atomic mass is 16.5. The van der Waals surface area contributed by atoms with E-state index in [1.807, 2.05) is 12.1 Å². The summed E-state index contributed by atoms with van der Waals surface area (Å²) in [5.74, 6) is 1.14. The molecule has 0 aliphatic heterocycles. The van der Waals surface area contributed by atoms with Crippen molar-refractivity contribution in [1.82, 2.24) is 4.90 Å². The zero-order chi connectivity index (χ0) is 13.5. The second kappa shape index (κ2) is 6.50. The van der Waals surface area contributed by atoms with Gasteiger partial charge in [-0.3, -0.25) is 4.79 Å². The van der Waals surface area contributed by atoms with Crippen molar-refractivity contribution in [2.24, 2.45) is 0 Å². The van der Waals surface area contributed by atoms with Crippen LogP contribution in [0.3, 0.4) is 0 Å². The predicted octanol–water partition coefficient (Wildman–Crippen LogP) is 1.58. The molecule has 0 aliphatic rings. The van der Waals surface area contributed by atoms with Gasteiger partial charge in [0.25, 0.3) is 0 Å². The molecule has 0 heterocycles. The molecule has 5 heteroatoms. The van der Waals surface area contributed by atoms with Crippen LogP contribution < -0.4 is 9.47 Å². The molecule has 0 unspecified atom stereocenters. The van der Waals surface area contributed by atoms with Crippen LogP contribution in [0, 0.1) is 11.3 Å². The molecule has 0 bridgehead atoms. The quantitative estimate of drug-likeness (QED) is 0.793. The maximum Gasteiger partial charge on any atom is 0.236 e. The molecular weight excluding hydrogens is 232 g/mol. The van der Waals surface area contributed by atoms with Gasteiger partial charge in [0, 0.05) is 25.2 Å². The van der Waals surface area contributed by atoms with Gasteiger partial charge in [-0.05, 0) is 12.1 Å². The van der Waals surface area contributed by atoms with E-state index in [0.29, 0.717) is 18.0 Å². The molecule has 1 rings (SSSR count). The van der Waals surface area contributed by atoms with Crippen LogP contribution in [0.15, 0.2) is 18.2 Å². The minimum absolute atomic E-state index is 0.116. The van der Waals surface area contributed by atoms with Crippen LogP contribution in [-0.2, 0) is 11.3 Å². The normalized spacial score (nSPS) is 9.44. The lowest BCUT2D eigenvalue weighted by molar-refractivity contribution is -0.129. The summed E-state index contributed by atoms with van der Waals surface area (Å²) in [6, 6.07) is 7.25. The highest BCUT2D eigenvalue weighted by Crippen LogP contribution is 2.25. The Kier molecular flexibility index (Phi) is 5.00. The standard InChI is InChI=1S/C13H16N2O3/c1-15(13(16)6-7-14)9-10-4-5-11(17-2)8-12(10)18-3/h4-5,8H,6,9H2,1-3H3. The minimum Gasteiger partial charge on any atom is -0.497 e. The molecule has 0 aromatic heterocycles. The lowest BCUT2D eigenvalue weighted by Crippen LogP contribution is -2.25. The molecule has 0 atom stereocenters. The monoisotopic (exact) mass is 248 g/mol. The van der Waals surface area contributed by atoms with Crippen LogP contribution in [0.1, 0.15) is 12.0 Å². The molecule has 0 saturated heterocycles. The van der Waals surface area contributed by atoms with Crippen molar-refractivity contribution >= 4 is 5.91 Å². The van der Waals surface area contributed by atoms with Crippen molar-refractivity contribution in [2.75, 3.05) is 21.3 Å². The summed E-state index contributed by atoms with van der Waals surface area (Å²) in [4.78, 5) is 13.0. The fraction of sp³-hybridized carbons (Fsp3) is 0.385. The lowest BCUT2D eigenvalue weighted by atomic mass is 10.1. The Balaban J connectivity index is 2.84. The van der Waals surface area contributed by atoms with Gasteiger partial charge in [-0.2, -0.15) is 5.26 Å². The van der Waals surface area contributed by atoms with Crippen LogP contribution in [0.5, 0.6) is 11.5 Å². The second-order valence-corrected chi connectivity index (χ2v) is 3.76. The number of rotatable bonds is 5. The van der Waals surface area contributed by atoms with E-state index in [9.17, 15) is 4.79 Å². The summed E-state index contributed by atoms with van der Waals surface area (Å²) in [5, 5.41) is 8.48. The molecule has 1 aromatic rings. The Bertz CT molecular complexity index is 466. The van der Waals surface area contributed by atoms with E-state index in [0.717, 1.165) is 5.56 Å². The maximum atomic E-state index is 11.5. The van der Waals surface area contributed by atoms with Gasteiger partial charge in [-0.1, -0.05) is 0 Å². The number of benzene rings is 1. The van der Waals surface area contributed by atoms with Crippen molar-refractivity contribution < 1.29 is 14.3 Å². The third-order valence-electron chi connectivity index (χ3n) is 2.56. The molecule has 0 spiro atoms. The van der Waals surface area contributed by atoms with Crippen molar-refractivity contribution in [3.63, 3.8) is 0 Å². The second-order valence-electron chi connectivity index (χ2n) is 3.76. The summed E-state index contributed by atoms with van der Waals surface area (Å²) in [6.45, 7) is 0.397. The number of carbonyl (C=O) groups is 1. The van der Waals surface area contributed by atoms with Crippen molar-refractivity contribution in [3.8, 4) is 17.6 Å². The van der Waals surface area contributed by atoms with Gasteiger partial charge in [-0.15, -0.1) is 0 Å². The van der Waals surface area contributed by atoms with Gasteiger partial charge < -0.3 is 14.4 Å². The molecule has 0 saturated carbocycles. The zero-order valence-electron chi connectivity index (χ0n) is 10.8. The SMILES string of the molecule is COc1ccc(CN(C)C(=O)CC#N)c(OC)c1. The Morgan fingerprint density at radius 1 is 1.39 bits per heavy atom. The van der Waals surface area contributed by atoms with E-state index in [4.69, 9.17) is 14.7 Å². The van der Waals surface area contributed by atoms with Crippen LogP contribution in [0.2, 0.25) is 0 Å². The molecule has 0 radical (unpaired) electrons. The first kappa shape index (κ1) is 13.8. The summed E-state index contributed by atoms with van der Waals surface area (Å²) >= 11 is 0. The van der Waals surface area contributed by atoms with E-state index in [-0.39, 0.29) is 12.3 Å². The van der Waals surface area contributed by atoms with Gasteiger partial charge in [0.1, 0.15) is 17.9 Å². The predicted molar refractivity (Wildman–Crippen MR) is 66.3 cm³/mol. The smallest absolute Gasteiger partial charge is 0.236 e. The van der Waals surface area contributed by atoms with E-state index in [1.165, 1.54) is 4.90 Å². The molecule has 1 aromatic carbocycles. The third kappa shape index (κ3) is 3.39. The van der Waals surface area contributed by atoms with E-state index in [2.05, 4.69) is 0 Å². The highest BCUT2D eigenvalue weighted by molar-refractivity contribution is 5.78. The number of hydrogen-bond acceptors (Lipinski definition) is 4. The van der Waals surface area contributed by atoms with Gasteiger partial charge in [0.2, 0.25) is 5.91 Å². The summed E-state index contributed by atoms with van der Waals surface area (Å²) in [5.41, 5.74) is 0.868. The van der Waals surface area contributed by atoms with E-state index >= 15 is 0 Å². The molecule has 5 nitrogen and oxygen atoms in total.